The summed E-state index contributed by atoms with van der Waals surface area (Å²) in [5, 5.41) is 16.1. The van der Waals surface area contributed by atoms with E-state index in [0.717, 1.165) is 22.2 Å². The lowest BCUT2D eigenvalue weighted by Crippen LogP contribution is -2.37. The second-order valence-corrected chi connectivity index (χ2v) is 9.08. The molecule has 0 atom stereocenters. The zero-order chi connectivity index (χ0) is 25.1. The molecule has 180 valence electrons. The minimum atomic E-state index is -0.395. The molecule has 4 rings (SSSR count). The Morgan fingerprint density at radius 1 is 1.09 bits per heavy atom. The molecule has 0 aliphatic rings. The number of aryl methyl sites for hydroxylation is 2. The lowest BCUT2D eigenvalue weighted by molar-refractivity contribution is -0.121. The Morgan fingerprint density at radius 2 is 1.89 bits per heavy atom. The number of aromatic nitrogens is 1. The molecule has 0 saturated heterocycles. The van der Waals surface area contributed by atoms with Crippen LogP contribution in [0.5, 0.6) is 11.5 Å². The molecule has 1 heterocycles. The lowest BCUT2D eigenvalue weighted by atomic mass is 10.0. The molecule has 4 aromatic rings. The Morgan fingerprint density at radius 3 is 2.60 bits per heavy atom. The maximum Gasteiger partial charge on any atom is 0.264 e. The van der Waals surface area contributed by atoms with Gasteiger partial charge in [0.25, 0.3) is 5.91 Å². The molecule has 0 radical (unpaired) electrons. The van der Waals surface area contributed by atoms with Crippen molar-refractivity contribution in [2.75, 3.05) is 11.9 Å². The molecule has 1 amide bonds. The second-order valence-electron chi connectivity index (χ2n) is 8.67. The Bertz CT molecular complexity index is 1410. The minimum absolute atomic E-state index is 0.0298. The van der Waals surface area contributed by atoms with E-state index in [9.17, 15) is 9.90 Å². The highest BCUT2D eigenvalue weighted by Gasteiger charge is 2.15. The maximum absolute atomic E-state index is 12.2. The molecule has 3 aromatic carbocycles. The molecule has 8 heteroatoms. The highest BCUT2D eigenvalue weighted by Crippen LogP contribution is 2.33. The van der Waals surface area contributed by atoms with Crippen molar-refractivity contribution in [2.45, 2.75) is 33.6 Å². The zero-order valence-electron chi connectivity index (χ0n) is 20.0. The van der Waals surface area contributed by atoms with E-state index in [1.165, 1.54) is 6.07 Å². The van der Waals surface area contributed by atoms with Crippen LogP contribution in [-0.4, -0.2) is 27.7 Å². The third kappa shape index (κ3) is 5.78. The standard InChI is InChI=1S/C27H27N3O4S/c1-15(2)18-6-10-24-22(12-18)29-26(34-24)21-9-7-19(13-23(21)31)28-27(35)30-25(32)14-33-20-8-5-16(3)17(4)11-20/h5-13,15,31H,14H2,1-4H3,(H2,28,30,32,35). The van der Waals surface area contributed by atoms with Crippen molar-refractivity contribution in [3.63, 3.8) is 0 Å². The molecule has 3 N–H and O–H groups in total. The molecule has 0 spiro atoms. The fourth-order valence-electron chi connectivity index (χ4n) is 3.49. The Kier molecular flexibility index (Phi) is 7.02. The van der Waals surface area contributed by atoms with Crippen LogP contribution in [0.25, 0.3) is 22.6 Å². The summed E-state index contributed by atoms with van der Waals surface area (Å²) in [5.74, 6) is 0.888. The number of phenolic OH excluding ortho intramolecular Hbond substituents is 1. The fourth-order valence-corrected chi connectivity index (χ4v) is 3.72. The number of carbonyl (C=O) groups is 1. The van der Waals surface area contributed by atoms with Crippen LogP contribution >= 0.6 is 12.2 Å². The lowest BCUT2D eigenvalue weighted by Gasteiger charge is -2.12. The number of nitrogens with one attached hydrogen (secondary N) is 2. The van der Waals surface area contributed by atoms with E-state index in [0.29, 0.717) is 34.4 Å². The molecular formula is C27H27N3O4S. The predicted molar refractivity (Wildman–Crippen MR) is 141 cm³/mol. The predicted octanol–water partition coefficient (Wildman–Crippen LogP) is 5.83. The number of ether oxygens (including phenoxy) is 1. The van der Waals surface area contributed by atoms with Gasteiger partial charge in [-0.15, -0.1) is 0 Å². The van der Waals surface area contributed by atoms with Gasteiger partial charge in [-0.05, 0) is 85.1 Å². The summed E-state index contributed by atoms with van der Waals surface area (Å²) in [7, 11) is 0. The second kappa shape index (κ2) is 10.1. The third-order valence-corrected chi connectivity index (χ3v) is 5.87. The van der Waals surface area contributed by atoms with Crippen molar-refractivity contribution in [1.29, 1.82) is 0 Å². The number of rotatable bonds is 6. The van der Waals surface area contributed by atoms with E-state index in [1.807, 2.05) is 50.2 Å². The molecule has 0 bridgehead atoms. The van der Waals surface area contributed by atoms with Crippen molar-refractivity contribution < 1.29 is 19.1 Å². The number of aromatic hydroxyl groups is 1. The SMILES string of the molecule is Cc1ccc(OCC(=O)NC(=S)Nc2ccc(-c3nc4cc(C(C)C)ccc4o3)c(O)c2)cc1C. The highest BCUT2D eigenvalue weighted by atomic mass is 32.1. The van der Waals surface area contributed by atoms with Gasteiger partial charge in [-0.1, -0.05) is 26.0 Å². The third-order valence-electron chi connectivity index (χ3n) is 5.67. The summed E-state index contributed by atoms with van der Waals surface area (Å²) in [5.41, 5.74) is 5.74. The molecule has 35 heavy (non-hydrogen) atoms. The van der Waals surface area contributed by atoms with E-state index in [4.69, 9.17) is 21.4 Å². The molecule has 0 saturated carbocycles. The topological polar surface area (TPSA) is 96.6 Å². The van der Waals surface area contributed by atoms with E-state index < -0.39 is 5.91 Å². The van der Waals surface area contributed by atoms with Gasteiger partial charge < -0.3 is 19.6 Å². The van der Waals surface area contributed by atoms with Crippen molar-refractivity contribution in [2.24, 2.45) is 0 Å². The molecule has 1 aromatic heterocycles. The summed E-state index contributed by atoms with van der Waals surface area (Å²) in [6.07, 6.45) is 0. The Hall–Kier alpha value is -3.91. The first-order valence-electron chi connectivity index (χ1n) is 11.2. The number of carbonyl (C=O) groups excluding carboxylic acids is 1. The molecule has 0 aliphatic heterocycles. The summed E-state index contributed by atoms with van der Waals surface area (Å²) in [4.78, 5) is 16.7. The number of fused-ring (bicyclic) bond motifs is 1. The van der Waals surface area contributed by atoms with Crippen molar-refractivity contribution >= 4 is 40.0 Å². The monoisotopic (exact) mass is 489 g/mol. The van der Waals surface area contributed by atoms with Crippen LogP contribution in [-0.2, 0) is 4.79 Å². The van der Waals surface area contributed by atoms with Crippen LogP contribution in [0.4, 0.5) is 5.69 Å². The number of thiocarbonyl (C=S) groups is 1. The first kappa shape index (κ1) is 24.2. The van der Waals surface area contributed by atoms with Crippen molar-refractivity contribution in [3.05, 3.63) is 71.3 Å². The van der Waals surface area contributed by atoms with Crippen LogP contribution in [0.1, 0.15) is 36.5 Å². The van der Waals surface area contributed by atoms with Gasteiger partial charge in [0.05, 0.1) is 5.56 Å². The molecule has 0 fully saturated rings. The average molecular weight is 490 g/mol. The first-order chi connectivity index (χ1) is 16.7. The number of phenols is 1. The Labute approximate surface area is 209 Å². The first-order valence-corrected chi connectivity index (χ1v) is 11.6. The zero-order valence-corrected chi connectivity index (χ0v) is 20.8. The van der Waals surface area contributed by atoms with E-state index in [2.05, 4.69) is 29.5 Å². The number of oxazole rings is 1. The quantitative estimate of drug-likeness (QED) is 0.293. The van der Waals surface area contributed by atoms with Crippen LogP contribution in [0, 0.1) is 13.8 Å². The van der Waals surface area contributed by atoms with Crippen LogP contribution < -0.4 is 15.4 Å². The van der Waals surface area contributed by atoms with Gasteiger partial charge >= 0.3 is 0 Å². The highest BCUT2D eigenvalue weighted by molar-refractivity contribution is 7.80. The van der Waals surface area contributed by atoms with Crippen molar-refractivity contribution in [3.8, 4) is 23.0 Å². The maximum atomic E-state index is 12.2. The van der Waals surface area contributed by atoms with Gasteiger partial charge in [0, 0.05) is 11.8 Å². The van der Waals surface area contributed by atoms with Crippen LogP contribution in [0.3, 0.4) is 0 Å². The molecule has 7 nitrogen and oxygen atoms in total. The Balaban J connectivity index is 1.37. The van der Waals surface area contributed by atoms with Gasteiger partial charge in [0.2, 0.25) is 5.89 Å². The number of nitrogens with zero attached hydrogens (tertiary/aromatic N) is 1. The summed E-state index contributed by atoms with van der Waals surface area (Å²) in [6, 6.07) is 16.4. The summed E-state index contributed by atoms with van der Waals surface area (Å²) < 4.78 is 11.4. The fraction of sp³-hybridized carbons (Fsp3) is 0.222. The summed E-state index contributed by atoms with van der Waals surface area (Å²) in [6.45, 7) is 8.05. The molecule has 0 unspecified atom stereocenters. The van der Waals surface area contributed by atoms with Crippen LogP contribution in [0.15, 0.2) is 59.0 Å². The largest absolute Gasteiger partial charge is 0.507 e. The molecule has 0 aliphatic carbocycles. The number of hydrogen-bond acceptors (Lipinski definition) is 6. The van der Waals surface area contributed by atoms with E-state index >= 15 is 0 Å². The normalized spacial score (nSPS) is 11.0. The van der Waals surface area contributed by atoms with Crippen LogP contribution in [0.2, 0.25) is 0 Å². The number of anilines is 1. The average Bonchev–Trinajstić information content (AvgIpc) is 3.22. The van der Waals surface area contributed by atoms with Gasteiger partial charge in [0.15, 0.2) is 17.3 Å². The van der Waals surface area contributed by atoms with E-state index in [-0.39, 0.29) is 17.5 Å². The van der Waals surface area contributed by atoms with Gasteiger partial charge in [-0.2, -0.15) is 0 Å². The van der Waals surface area contributed by atoms with Gasteiger partial charge in [-0.25, -0.2) is 4.98 Å². The minimum Gasteiger partial charge on any atom is -0.507 e. The smallest absolute Gasteiger partial charge is 0.264 e. The number of hydrogen-bond donors (Lipinski definition) is 3. The van der Waals surface area contributed by atoms with Crippen molar-refractivity contribution in [1.82, 2.24) is 10.3 Å². The number of amides is 1. The van der Waals surface area contributed by atoms with E-state index in [1.54, 1.807) is 12.1 Å². The molecular weight excluding hydrogens is 462 g/mol. The number of benzene rings is 3. The summed E-state index contributed by atoms with van der Waals surface area (Å²) >= 11 is 5.22. The van der Waals surface area contributed by atoms with Gasteiger partial charge in [0.1, 0.15) is 17.0 Å². The van der Waals surface area contributed by atoms with Gasteiger partial charge in [-0.3, -0.25) is 10.1 Å².